The first-order valence-corrected chi connectivity index (χ1v) is 7.11. The molecule has 2 atom stereocenters. The highest BCUT2D eigenvalue weighted by Crippen LogP contribution is 2.15. The van der Waals surface area contributed by atoms with Crippen LogP contribution in [0.15, 0.2) is 30.3 Å². The van der Waals surface area contributed by atoms with Gasteiger partial charge < -0.3 is 5.11 Å². The topological polar surface area (TPSA) is 81.7 Å². The van der Waals surface area contributed by atoms with Crippen LogP contribution in [0.2, 0.25) is 0 Å². The maximum absolute atomic E-state index is 11.8. The number of nitrogens with one attached hydrogen (secondary N) is 2. The molecule has 1 aromatic carbocycles. The average Bonchev–Trinajstić information content (AvgIpc) is 2.49. The van der Waals surface area contributed by atoms with Gasteiger partial charge in [-0.15, -0.1) is 0 Å². The third kappa shape index (κ3) is 4.54. The number of amides is 2. The standard InChI is InChI=1S/C15H21N3O3/c1-11-9-18(8-7-13(11)19)10-14(20)16-17-15(21)12-5-3-2-4-6-12/h2-6,11,13,19H,7-10H2,1H3,(H,16,20)(H,17,21). The van der Waals surface area contributed by atoms with Crippen LogP contribution >= 0.6 is 0 Å². The zero-order chi connectivity index (χ0) is 15.2. The predicted octanol–water partition coefficient (Wildman–Crippen LogP) is 0.150. The molecule has 1 heterocycles. The zero-order valence-electron chi connectivity index (χ0n) is 12.1. The first-order valence-electron chi connectivity index (χ1n) is 7.11. The van der Waals surface area contributed by atoms with E-state index in [9.17, 15) is 14.7 Å². The molecule has 0 aliphatic carbocycles. The van der Waals surface area contributed by atoms with E-state index in [4.69, 9.17) is 0 Å². The van der Waals surface area contributed by atoms with E-state index in [2.05, 4.69) is 10.9 Å². The first-order chi connectivity index (χ1) is 10.1. The van der Waals surface area contributed by atoms with Crippen LogP contribution in [0.25, 0.3) is 0 Å². The van der Waals surface area contributed by atoms with Gasteiger partial charge in [0.25, 0.3) is 11.8 Å². The lowest BCUT2D eigenvalue weighted by atomic mass is 9.97. The van der Waals surface area contributed by atoms with Crippen LogP contribution in [0.3, 0.4) is 0 Å². The molecule has 6 nitrogen and oxygen atoms in total. The molecular weight excluding hydrogens is 270 g/mol. The van der Waals surface area contributed by atoms with E-state index in [1.165, 1.54) is 0 Å². The van der Waals surface area contributed by atoms with Crippen LogP contribution in [-0.4, -0.2) is 47.6 Å². The molecule has 1 aliphatic rings. The third-order valence-electron chi connectivity index (χ3n) is 3.66. The molecule has 0 spiro atoms. The van der Waals surface area contributed by atoms with Crippen molar-refractivity contribution in [2.24, 2.45) is 5.92 Å². The molecule has 0 bridgehead atoms. The number of rotatable bonds is 3. The van der Waals surface area contributed by atoms with Crippen molar-refractivity contribution in [3.05, 3.63) is 35.9 Å². The summed E-state index contributed by atoms with van der Waals surface area (Å²) in [6.45, 7) is 3.55. The summed E-state index contributed by atoms with van der Waals surface area (Å²) in [7, 11) is 0. The Balaban J connectivity index is 1.74. The number of benzene rings is 1. The highest BCUT2D eigenvalue weighted by molar-refractivity contribution is 5.95. The number of aliphatic hydroxyl groups is 1. The molecule has 6 heteroatoms. The largest absolute Gasteiger partial charge is 0.393 e. The summed E-state index contributed by atoms with van der Waals surface area (Å²) in [5.41, 5.74) is 5.30. The molecule has 0 radical (unpaired) electrons. The first kappa shape index (κ1) is 15.5. The number of nitrogens with zero attached hydrogens (tertiary/aromatic N) is 1. The van der Waals surface area contributed by atoms with Crippen LogP contribution in [0, 0.1) is 5.92 Å². The van der Waals surface area contributed by atoms with E-state index < -0.39 is 0 Å². The van der Waals surface area contributed by atoms with Gasteiger partial charge in [0.05, 0.1) is 12.6 Å². The molecular formula is C15H21N3O3. The molecule has 2 rings (SSSR count). The number of hydrogen-bond donors (Lipinski definition) is 3. The van der Waals surface area contributed by atoms with Crippen molar-refractivity contribution in [2.45, 2.75) is 19.4 Å². The van der Waals surface area contributed by atoms with Crippen LogP contribution in [0.1, 0.15) is 23.7 Å². The van der Waals surface area contributed by atoms with Crippen LogP contribution in [-0.2, 0) is 4.79 Å². The van der Waals surface area contributed by atoms with E-state index >= 15 is 0 Å². The summed E-state index contributed by atoms with van der Waals surface area (Å²) in [5, 5.41) is 9.65. The van der Waals surface area contributed by atoms with E-state index in [1.54, 1.807) is 24.3 Å². The highest BCUT2D eigenvalue weighted by Gasteiger charge is 2.25. The Kier molecular flexibility index (Phi) is 5.30. The summed E-state index contributed by atoms with van der Waals surface area (Å²) in [5.74, 6) is -0.445. The Labute approximate surface area is 124 Å². The second-order valence-corrected chi connectivity index (χ2v) is 5.44. The van der Waals surface area contributed by atoms with Gasteiger partial charge in [-0.1, -0.05) is 25.1 Å². The molecule has 1 fully saturated rings. The average molecular weight is 291 g/mol. The Morgan fingerprint density at radius 2 is 2.00 bits per heavy atom. The fourth-order valence-corrected chi connectivity index (χ4v) is 2.39. The lowest BCUT2D eigenvalue weighted by molar-refractivity contribution is -0.124. The number of carbonyl (C=O) groups excluding carboxylic acids is 2. The summed E-state index contributed by atoms with van der Waals surface area (Å²) < 4.78 is 0. The number of carbonyl (C=O) groups is 2. The van der Waals surface area contributed by atoms with Gasteiger partial charge in [0, 0.05) is 18.7 Å². The molecule has 3 N–H and O–H groups in total. The summed E-state index contributed by atoms with van der Waals surface area (Å²) in [6, 6.07) is 8.69. The molecule has 2 amide bonds. The minimum atomic E-state index is -0.341. The van der Waals surface area contributed by atoms with Crippen molar-refractivity contribution >= 4 is 11.8 Å². The number of piperidine rings is 1. The van der Waals surface area contributed by atoms with Crippen LogP contribution in [0.5, 0.6) is 0 Å². The fourth-order valence-electron chi connectivity index (χ4n) is 2.39. The van der Waals surface area contributed by atoms with E-state index in [0.29, 0.717) is 25.1 Å². The minimum Gasteiger partial charge on any atom is -0.393 e. The van der Waals surface area contributed by atoms with Crippen LogP contribution < -0.4 is 10.9 Å². The molecule has 1 aliphatic heterocycles. The maximum Gasteiger partial charge on any atom is 0.269 e. The second-order valence-electron chi connectivity index (χ2n) is 5.44. The molecule has 21 heavy (non-hydrogen) atoms. The van der Waals surface area contributed by atoms with Gasteiger partial charge in [0.15, 0.2) is 0 Å². The highest BCUT2D eigenvalue weighted by atomic mass is 16.3. The normalized spacial score (nSPS) is 22.6. The number of hydrogen-bond acceptors (Lipinski definition) is 4. The molecule has 0 saturated carbocycles. The Morgan fingerprint density at radius 3 is 2.67 bits per heavy atom. The Morgan fingerprint density at radius 1 is 1.29 bits per heavy atom. The molecule has 0 aromatic heterocycles. The van der Waals surface area contributed by atoms with Crippen molar-refractivity contribution in [1.29, 1.82) is 0 Å². The van der Waals surface area contributed by atoms with Crippen molar-refractivity contribution in [2.75, 3.05) is 19.6 Å². The molecule has 114 valence electrons. The SMILES string of the molecule is CC1CN(CC(=O)NNC(=O)c2ccccc2)CCC1O. The monoisotopic (exact) mass is 291 g/mol. The van der Waals surface area contributed by atoms with Crippen molar-refractivity contribution < 1.29 is 14.7 Å². The van der Waals surface area contributed by atoms with E-state index in [1.807, 2.05) is 17.9 Å². The summed E-state index contributed by atoms with van der Waals surface area (Å²) in [6.07, 6.45) is 0.382. The van der Waals surface area contributed by atoms with Gasteiger partial charge >= 0.3 is 0 Å². The van der Waals surface area contributed by atoms with E-state index in [0.717, 1.165) is 0 Å². The second kappa shape index (κ2) is 7.19. The van der Waals surface area contributed by atoms with Gasteiger partial charge in [0.1, 0.15) is 0 Å². The van der Waals surface area contributed by atoms with Crippen molar-refractivity contribution in [1.82, 2.24) is 15.8 Å². The quantitative estimate of drug-likeness (QED) is 0.693. The fraction of sp³-hybridized carbons (Fsp3) is 0.467. The number of hydrazine groups is 1. The summed E-state index contributed by atoms with van der Waals surface area (Å²) >= 11 is 0. The van der Waals surface area contributed by atoms with Gasteiger partial charge in [-0.3, -0.25) is 25.3 Å². The molecule has 1 aromatic rings. The lowest BCUT2D eigenvalue weighted by Crippen LogP contribution is -2.50. The van der Waals surface area contributed by atoms with Crippen molar-refractivity contribution in [3.8, 4) is 0 Å². The van der Waals surface area contributed by atoms with Gasteiger partial charge in [-0.2, -0.15) is 0 Å². The number of likely N-dealkylation sites (tertiary alicyclic amines) is 1. The Hall–Kier alpha value is -1.92. The minimum absolute atomic E-state index is 0.158. The number of aliphatic hydroxyl groups excluding tert-OH is 1. The maximum atomic E-state index is 11.8. The van der Waals surface area contributed by atoms with Gasteiger partial charge in [-0.05, 0) is 24.5 Å². The van der Waals surface area contributed by atoms with Crippen molar-refractivity contribution in [3.63, 3.8) is 0 Å². The van der Waals surface area contributed by atoms with Gasteiger partial charge in [-0.25, -0.2) is 0 Å². The Bertz CT molecular complexity index is 492. The summed E-state index contributed by atoms with van der Waals surface area (Å²) in [4.78, 5) is 25.5. The zero-order valence-corrected chi connectivity index (χ0v) is 12.1. The molecule has 1 saturated heterocycles. The smallest absolute Gasteiger partial charge is 0.269 e. The predicted molar refractivity (Wildman–Crippen MR) is 78.3 cm³/mol. The van der Waals surface area contributed by atoms with Crippen LogP contribution in [0.4, 0.5) is 0 Å². The lowest BCUT2D eigenvalue weighted by Gasteiger charge is -2.33. The third-order valence-corrected chi connectivity index (χ3v) is 3.66. The van der Waals surface area contributed by atoms with Gasteiger partial charge in [0.2, 0.25) is 0 Å². The van der Waals surface area contributed by atoms with E-state index in [-0.39, 0.29) is 30.4 Å². The molecule has 2 unspecified atom stereocenters.